The molecule has 13 heavy (non-hydrogen) atoms. The van der Waals surface area contributed by atoms with E-state index in [0.29, 0.717) is 5.56 Å². The standard InChI is InChI=1S/C9H9ClO3/c10-8(11)5-6-3-1-2-4-7(6)9(8,12)13/h1-4,11-13H,5H2. The quantitative estimate of drug-likeness (QED) is 0.417. The number of alkyl halides is 1. The fourth-order valence-corrected chi connectivity index (χ4v) is 1.84. The van der Waals surface area contributed by atoms with E-state index in [4.69, 9.17) is 11.6 Å². The van der Waals surface area contributed by atoms with Gasteiger partial charge in [-0.2, -0.15) is 0 Å². The van der Waals surface area contributed by atoms with Crippen molar-refractivity contribution in [1.82, 2.24) is 0 Å². The normalized spacial score (nSPS) is 30.2. The highest BCUT2D eigenvalue weighted by Crippen LogP contribution is 2.44. The lowest BCUT2D eigenvalue weighted by Gasteiger charge is -2.27. The molecule has 0 aromatic heterocycles. The van der Waals surface area contributed by atoms with Gasteiger partial charge in [-0.05, 0) is 5.56 Å². The maximum atomic E-state index is 9.55. The van der Waals surface area contributed by atoms with Crippen LogP contribution in [0.3, 0.4) is 0 Å². The molecule has 0 spiro atoms. The second kappa shape index (κ2) is 2.45. The van der Waals surface area contributed by atoms with Crippen LogP contribution in [-0.2, 0) is 12.2 Å². The van der Waals surface area contributed by atoms with Crippen molar-refractivity contribution in [3.8, 4) is 0 Å². The largest absolute Gasteiger partial charge is 0.370 e. The second-order valence-electron chi connectivity index (χ2n) is 3.27. The predicted molar refractivity (Wildman–Crippen MR) is 47.1 cm³/mol. The first kappa shape index (κ1) is 8.97. The molecule has 1 aromatic rings. The van der Waals surface area contributed by atoms with Crippen LogP contribution in [0.1, 0.15) is 11.1 Å². The van der Waals surface area contributed by atoms with Crippen molar-refractivity contribution < 1.29 is 15.3 Å². The topological polar surface area (TPSA) is 60.7 Å². The van der Waals surface area contributed by atoms with Crippen LogP contribution in [-0.4, -0.2) is 20.4 Å². The highest BCUT2D eigenvalue weighted by Gasteiger charge is 2.54. The average molecular weight is 201 g/mol. The molecule has 0 saturated heterocycles. The highest BCUT2D eigenvalue weighted by atomic mass is 35.5. The van der Waals surface area contributed by atoms with Crippen molar-refractivity contribution >= 4 is 11.6 Å². The van der Waals surface area contributed by atoms with Crippen LogP contribution in [0.15, 0.2) is 24.3 Å². The smallest absolute Gasteiger partial charge is 0.235 e. The van der Waals surface area contributed by atoms with Gasteiger partial charge in [-0.15, -0.1) is 0 Å². The number of hydrogen-bond acceptors (Lipinski definition) is 3. The molecule has 1 aliphatic carbocycles. The summed E-state index contributed by atoms with van der Waals surface area (Å²) >= 11 is 5.58. The van der Waals surface area contributed by atoms with Crippen molar-refractivity contribution in [3.05, 3.63) is 35.4 Å². The summed E-state index contributed by atoms with van der Waals surface area (Å²) in [6.45, 7) is 0. The molecule has 3 nitrogen and oxygen atoms in total. The molecule has 1 aliphatic rings. The van der Waals surface area contributed by atoms with E-state index in [0.717, 1.165) is 0 Å². The minimum atomic E-state index is -2.36. The summed E-state index contributed by atoms with van der Waals surface area (Å²) in [6.07, 6.45) is 0.0394. The second-order valence-corrected chi connectivity index (χ2v) is 3.89. The Labute approximate surface area is 80.2 Å². The number of hydrogen-bond donors (Lipinski definition) is 3. The fraction of sp³-hybridized carbons (Fsp3) is 0.333. The van der Waals surface area contributed by atoms with Gasteiger partial charge in [-0.3, -0.25) is 0 Å². The molecule has 4 heteroatoms. The first-order valence-corrected chi connectivity index (χ1v) is 4.27. The van der Waals surface area contributed by atoms with Crippen molar-refractivity contribution in [2.24, 2.45) is 0 Å². The maximum absolute atomic E-state index is 9.55. The summed E-state index contributed by atoms with van der Waals surface area (Å²) in [4.78, 5) is 0. The van der Waals surface area contributed by atoms with Gasteiger partial charge in [0.2, 0.25) is 10.8 Å². The SMILES string of the molecule is OC1(Cl)Cc2ccccc2C1(O)O. The molecule has 2 rings (SSSR count). The molecule has 0 fully saturated rings. The summed E-state index contributed by atoms with van der Waals surface area (Å²) in [7, 11) is 0. The van der Waals surface area contributed by atoms with Crippen molar-refractivity contribution in [1.29, 1.82) is 0 Å². The molecule has 0 amide bonds. The molecule has 1 aromatic carbocycles. The minimum Gasteiger partial charge on any atom is -0.370 e. The van der Waals surface area contributed by atoms with Crippen molar-refractivity contribution in [2.75, 3.05) is 0 Å². The molecule has 3 N–H and O–H groups in total. The Morgan fingerprint density at radius 2 is 1.77 bits per heavy atom. The zero-order valence-corrected chi connectivity index (χ0v) is 7.49. The Kier molecular flexibility index (Phi) is 1.69. The van der Waals surface area contributed by atoms with Gasteiger partial charge in [-0.1, -0.05) is 35.9 Å². The first-order valence-electron chi connectivity index (χ1n) is 3.89. The number of benzene rings is 1. The molecule has 1 atom stereocenters. The third kappa shape index (κ3) is 1.09. The maximum Gasteiger partial charge on any atom is 0.235 e. The van der Waals surface area contributed by atoms with E-state index >= 15 is 0 Å². The van der Waals surface area contributed by atoms with Gasteiger partial charge in [0, 0.05) is 12.0 Å². The zero-order chi connectivity index (χ0) is 9.69. The van der Waals surface area contributed by atoms with Gasteiger partial charge >= 0.3 is 0 Å². The van der Waals surface area contributed by atoms with Crippen LogP contribution in [0.2, 0.25) is 0 Å². The Morgan fingerprint density at radius 1 is 1.15 bits per heavy atom. The molecular weight excluding hydrogens is 192 g/mol. The van der Waals surface area contributed by atoms with Gasteiger partial charge in [-0.25, -0.2) is 0 Å². The van der Waals surface area contributed by atoms with E-state index < -0.39 is 10.8 Å². The Hall–Kier alpha value is -0.610. The first-order chi connectivity index (χ1) is 5.95. The van der Waals surface area contributed by atoms with Gasteiger partial charge < -0.3 is 15.3 Å². The van der Waals surface area contributed by atoms with Crippen LogP contribution in [0.5, 0.6) is 0 Å². The average Bonchev–Trinajstić information content (AvgIpc) is 2.20. The van der Waals surface area contributed by atoms with Gasteiger partial charge in [0.1, 0.15) is 0 Å². The van der Waals surface area contributed by atoms with Crippen LogP contribution in [0, 0.1) is 0 Å². The molecule has 0 bridgehead atoms. The number of fused-ring (bicyclic) bond motifs is 1. The zero-order valence-electron chi connectivity index (χ0n) is 6.74. The molecule has 0 radical (unpaired) electrons. The summed E-state index contributed by atoms with van der Waals surface area (Å²) in [5, 5.41) is 26.6. The molecule has 70 valence electrons. The monoisotopic (exact) mass is 200 g/mol. The van der Waals surface area contributed by atoms with Gasteiger partial charge in [0.25, 0.3) is 0 Å². The fourth-order valence-electron chi connectivity index (χ4n) is 1.60. The lowest BCUT2D eigenvalue weighted by molar-refractivity contribution is -0.242. The summed E-state index contributed by atoms with van der Waals surface area (Å²) in [5.74, 6) is -2.36. The third-order valence-electron chi connectivity index (χ3n) is 2.35. The Morgan fingerprint density at radius 3 is 2.38 bits per heavy atom. The van der Waals surface area contributed by atoms with E-state index in [2.05, 4.69) is 0 Å². The third-order valence-corrected chi connectivity index (χ3v) is 2.75. The predicted octanol–water partition coefficient (Wildman–Crippen LogP) is 0.307. The van der Waals surface area contributed by atoms with Gasteiger partial charge in [0.15, 0.2) is 0 Å². The van der Waals surface area contributed by atoms with Crippen molar-refractivity contribution in [2.45, 2.75) is 17.3 Å². The summed E-state index contributed by atoms with van der Waals surface area (Å²) in [5.41, 5.74) is 0.928. The molecular formula is C9H9ClO3. The molecule has 0 heterocycles. The van der Waals surface area contributed by atoms with E-state index in [1.54, 1.807) is 18.2 Å². The van der Waals surface area contributed by atoms with Gasteiger partial charge in [0.05, 0.1) is 0 Å². The summed E-state index contributed by atoms with van der Waals surface area (Å²) in [6, 6.07) is 6.66. The number of aliphatic hydroxyl groups is 3. The Balaban J connectivity index is 2.60. The van der Waals surface area contributed by atoms with E-state index in [1.165, 1.54) is 6.07 Å². The number of halogens is 1. The minimum absolute atomic E-state index is 0.0394. The molecule has 0 aliphatic heterocycles. The van der Waals surface area contributed by atoms with Crippen LogP contribution >= 0.6 is 11.6 Å². The van der Waals surface area contributed by atoms with Crippen molar-refractivity contribution in [3.63, 3.8) is 0 Å². The lowest BCUT2D eigenvalue weighted by Crippen LogP contribution is -2.44. The number of rotatable bonds is 0. The molecule has 1 unspecified atom stereocenters. The summed E-state index contributed by atoms with van der Waals surface area (Å²) < 4.78 is 0. The van der Waals surface area contributed by atoms with Crippen LogP contribution in [0.25, 0.3) is 0 Å². The van der Waals surface area contributed by atoms with Crippen LogP contribution < -0.4 is 0 Å². The van der Waals surface area contributed by atoms with Crippen LogP contribution in [0.4, 0.5) is 0 Å². The molecule has 0 saturated carbocycles. The lowest BCUT2D eigenvalue weighted by atomic mass is 10.1. The highest BCUT2D eigenvalue weighted by molar-refractivity contribution is 6.24. The van der Waals surface area contributed by atoms with E-state index in [-0.39, 0.29) is 12.0 Å². The van der Waals surface area contributed by atoms with E-state index in [1.807, 2.05) is 0 Å². The Bertz CT molecular complexity index is 346. The van der Waals surface area contributed by atoms with E-state index in [9.17, 15) is 15.3 Å².